The average Bonchev–Trinajstić information content (AvgIpc) is 0.762. The summed E-state index contributed by atoms with van der Waals surface area (Å²) in [5.41, 5.74) is 1.87. The van der Waals surface area contributed by atoms with E-state index >= 15 is 9.36 Å². The molecule has 2 unspecified atom stereocenters. The van der Waals surface area contributed by atoms with E-state index in [0.717, 1.165) is 0 Å². The Hall–Kier alpha value is -12.7. The van der Waals surface area contributed by atoms with Gasteiger partial charge in [0.15, 0.2) is 35.4 Å². The monoisotopic (exact) mass is 1510 g/mol. The molecule has 23 nitrogen and oxygen atoms in total. The van der Waals surface area contributed by atoms with Gasteiger partial charge < -0.3 is 33.7 Å². The van der Waals surface area contributed by atoms with Crippen molar-refractivity contribution in [2.75, 3.05) is 18.5 Å². The van der Waals surface area contributed by atoms with E-state index in [1.165, 1.54) is 41.5 Å². The Kier molecular flexibility index (Phi) is 23.7. The van der Waals surface area contributed by atoms with Crippen molar-refractivity contribution in [3.63, 3.8) is 0 Å². The molecule has 2 amide bonds. The number of esters is 5. The summed E-state index contributed by atoms with van der Waals surface area (Å²) in [5.74, 6) is -4.50. The van der Waals surface area contributed by atoms with E-state index in [1.54, 1.807) is 243 Å². The quantitative estimate of drug-likeness (QED) is 0.0129. The Labute approximate surface area is 634 Å². The molecule has 10 aromatic carbocycles. The number of imidazole rings is 1. The molecule has 0 aliphatic carbocycles. The second kappa shape index (κ2) is 34.5. The predicted molar refractivity (Wildman–Crippen MR) is 411 cm³/mol. The minimum Gasteiger partial charge on any atom is -0.452 e. The highest BCUT2D eigenvalue weighted by atomic mass is 31.2. The Morgan fingerprint density at radius 1 is 0.482 bits per heavy atom. The van der Waals surface area contributed by atoms with Gasteiger partial charge in [-0.25, -0.2) is 43.5 Å². The summed E-state index contributed by atoms with van der Waals surface area (Å²) in [7, 11) is -7.09. The number of carbonyl (C=O) groups is 7. The Bertz CT molecular complexity index is 5020. The summed E-state index contributed by atoms with van der Waals surface area (Å²) < 4.78 is 68.1. The molecule has 0 radical (unpaired) electrons. The number of aromatic nitrogens is 4. The maximum absolute atomic E-state index is 16.4. The molecule has 2 aromatic heterocycles. The lowest BCUT2D eigenvalue weighted by Crippen LogP contribution is -2.55. The van der Waals surface area contributed by atoms with Crippen LogP contribution < -0.4 is 29.9 Å². The van der Waals surface area contributed by atoms with E-state index in [4.69, 9.17) is 37.5 Å². The van der Waals surface area contributed by atoms with Gasteiger partial charge in [-0.3, -0.25) is 33.6 Å². The highest BCUT2D eigenvalue weighted by Crippen LogP contribution is 2.48. The van der Waals surface area contributed by atoms with Gasteiger partial charge in [-0.15, -0.1) is 0 Å². The first-order chi connectivity index (χ1) is 53.3. The second-order valence-corrected chi connectivity index (χ2v) is 34.1. The van der Waals surface area contributed by atoms with Crippen LogP contribution in [0.2, 0.25) is 25.7 Å². The van der Waals surface area contributed by atoms with Gasteiger partial charge in [0.05, 0.1) is 58.9 Å². The number of nitrogens with one attached hydrogen (secondary N) is 3. The van der Waals surface area contributed by atoms with Crippen LogP contribution in [0.3, 0.4) is 0 Å². The van der Waals surface area contributed by atoms with Crippen LogP contribution in [0.15, 0.2) is 298 Å². The number of benzene rings is 10. The van der Waals surface area contributed by atoms with Gasteiger partial charge in [0.1, 0.15) is 29.7 Å². The Morgan fingerprint density at radius 2 is 0.882 bits per heavy atom. The number of carbonyl (C=O) groups excluding carboxylic acids is 7. The van der Waals surface area contributed by atoms with Crippen molar-refractivity contribution in [1.82, 2.24) is 29.9 Å². The van der Waals surface area contributed by atoms with Gasteiger partial charge in [-0.1, -0.05) is 196 Å². The molecule has 0 saturated carbocycles. The van der Waals surface area contributed by atoms with E-state index in [2.05, 4.69) is 50.3 Å². The minimum atomic E-state index is -5.04. The van der Waals surface area contributed by atoms with E-state index in [9.17, 15) is 28.8 Å². The topological polar surface area (TPSA) is 290 Å². The average molecular weight is 1510 g/mol. The van der Waals surface area contributed by atoms with Crippen LogP contribution >= 0.6 is 7.75 Å². The predicted octanol–water partition coefficient (Wildman–Crippen LogP) is 14.9. The van der Waals surface area contributed by atoms with Gasteiger partial charge in [0.25, 0.3) is 5.91 Å². The van der Waals surface area contributed by atoms with Crippen molar-refractivity contribution >= 4 is 74.5 Å². The van der Waals surface area contributed by atoms with Gasteiger partial charge in [-0.05, 0) is 144 Å². The molecule has 1 aliphatic rings. The van der Waals surface area contributed by atoms with Crippen molar-refractivity contribution < 1.29 is 75.6 Å². The zero-order valence-electron chi connectivity index (χ0n) is 59.8. The molecule has 0 spiro atoms. The summed E-state index contributed by atoms with van der Waals surface area (Å²) in [5, 5.41) is 9.25. The Morgan fingerprint density at radius 3 is 1.31 bits per heavy atom. The van der Waals surface area contributed by atoms with Crippen LogP contribution in [0.5, 0.6) is 17.2 Å². The molecule has 3 heterocycles. The highest BCUT2D eigenvalue weighted by molar-refractivity contribution is 7.52. The fraction of sp³-hybridized carbons (Fsp3) is 0.153. The van der Waals surface area contributed by atoms with Crippen LogP contribution in [0.25, 0.3) is 11.2 Å². The lowest BCUT2D eigenvalue weighted by atomic mass is 9.76. The number of hydrogen-bond acceptors (Lipinski definition) is 20. The largest absolute Gasteiger partial charge is 0.452 e. The number of ether oxygens (including phenoxy) is 6. The van der Waals surface area contributed by atoms with Crippen LogP contribution in [-0.2, 0) is 44.6 Å². The van der Waals surface area contributed by atoms with Crippen LogP contribution in [-0.4, -0.2) is 107 Å². The van der Waals surface area contributed by atoms with E-state index < -0.39 is 100 Å². The molecule has 1 aliphatic heterocycles. The first-order valence-corrected chi connectivity index (χ1v) is 40.5. The molecule has 3 N–H and O–H groups in total. The maximum Gasteiger partial charge on any atom is 0.435 e. The number of hydrogen-bond donors (Lipinski definition) is 3. The van der Waals surface area contributed by atoms with E-state index in [-0.39, 0.29) is 58.4 Å². The zero-order chi connectivity index (χ0) is 76.6. The third-order valence-corrected chi connectivity index (χ3v) is 21.2. The normalized spacial score (nSPS) is 15.6. The molecule has 13 rings (SSSR count). The maximum atomic E-state index is 16.4. The van der Waals surface area contributed by atoms with Crippen LogP contribution in [0.1, 0.15) is 90.6 Å². The van der Waals surface area contributed by atoms with Crippen molar-refractivity contribution in [3.05, 3.63) is 353 Å². The Balaban J connectivity index is 0.904. The molecule has 110 heavy (non-hydrogen) atoms. The third-order valence-electron chi connectivity index (χ3n) is 18.0. The highest BCUT2D eigenvalue weighted by Gasteiger charge is 2.53. The summed E-state index contributed by atoms with van der Waals surface area (Å²) in [4.78, 5) is 113. The molecule has 0 bridgehead atoms. The first-order valence-electron chi connectivity index (χ1n) is 35.2. The lowest BCUT2D eigenvalue weighted by molar-refractivity contribution is -0.122. The molecule has 6 atom stereocenters. The smallest absolute Gasteiger partial charge is 0.435 e. The van der Waals surface area contributed by atoms with Crippen molar-refractivity contribution in [2.24, 2.45) is 0 Å². The number of fused-ring (bicyclic) bond motifs is 1. The van der Waals surface area contributed by atoms with Gasteiger partial charge in [-0.2, -0.15) is 0 Å². The minimum absolute atomic E-state index is 0.0222. The van der Waals surface area contributed by atoms with Crippen LogP contribution in [0.4, 0.5) is 5.82 Å². The van der Waals surface area contributed by atoms with Crippen molar-refractivity contribution in [3.8, 4) is 17.2 Å². The van der Waals surface area contributed by atoms with Gasteiger partial charge in [0.2, 0.25) is 5.91 Å². The number of rotatable bonds is 29. The van der Waals surface area contributed by atoms with Crippen molar-refractivity contribution in [1.29, 1.82) is 0 Å². The van der Waals surface area contributed by atoms with E-state index in [1.807, 2.05) is 18.2 Å². The number of nitrogens with zero attached hydrogens (tertiary/aromatic N) is 4. The molecular formula is C85H74N7O16PSi. The standard InChI is InChI=1S/C85H74N7O16PSi/c1-110(2,3)52-51-101-109(100,102-54-71-73(107-83(98)62-35-21-9-22-36-62)74(108-84(99)63-37-23-10-24-38-63)79(106-71)92-56-88-72-75(86-55-87-76(72)92)89-77(93)58-27-13-5-14-28-58)91-78(94)70(53-57-25-11-4-12-26-57)90-85(64-39-45-67(46-40-64)103-80(95)59-29-15-6-16-30-59,65-41-47-68(48-42-65)104-81(96)60-31-17-7-18-32-60)66-43-49-69(50-44-66)105-82(97)61-33-19-8-20-34-61/h4-50,55-56,70-71,73-74,79,90H,51-54H2,1-3H3,(H,91,94,100)(H,86,87,89,93)/t70?,71-,73-,74-,79-,109?/m1/s1. The fourth-order valence-electron chi connectivity index (χ4n) is 12.3. The molecule has 25 heteroatoms. The van der Waals surface area contributed by atoms with Crippen LogP contribution in [0, 0.1) is 0 Å². The fourth-order valence-corrected chi connectivity index (χ4v) is 14.5. The molecular weight excluding hydrogens is 1430 g/mol. The summed E-state index contributed by atoms with van der Waals surface area (Å²) in [6.07, 6.45) is -3.77. The van der Waals surface area contributed by atoms with Crippen molar-refractivity contribution in [2.45, 2.75) is 68.2 Å². The first kappa shape index (κ1) is 75.6. The van der Waals surface area contributed by atoms with E-state index in [0.29, 0.717) is 50.6 Å². The molecule has 554 valence electrons. The lowest BCUT2D eigenvalue weighted by Gasteiger charge is -2.40. The molecule has 12 aromatic rings. The number of anilines is 1. The summed E-state index contributed by atoms with van der Waals surface area (Å²) >= 11 is 0. The second-order valence-electron chi connectivity index (χ2n) is 26.8. The zero-order valence-corrected chi connectivity index (χ0v) is 61.7. The summed E-state index contributed by atoms with van der Waals surface area (Å²) in [6, 6.07) is 77.8. The third kappa shape index (κ3) is 18.5. The number of amides is 2. The molecule has 1 saturated heterocycles. The van der Waals surface area contributed by atoms with Gasteiger partial charge in [0, 0.05) is 13.6 Å². The van der Waals surface area contributed by atoms with Gasteiger partial charge >= 0.3 is 37.6 Å². The summed E-state index contributed by atoms with van der Waals surface area (Å²) in [6.45, 7) is 5.29. The molecule has 1 fully saturated rings. The SMILES string of the molecule is C[Si](C)(C)CCOP(=O)(NC(=O)C(Cc1ccccc1)NC(c1ccc(OC(=O)c2ccccc2)cc1)(c1ccc(OC(=O)c2ccccc2)cc1)c1ccc(OC(=O)c2ccccc2)cc1)OC[C@H]1O[C@@H](n2cnc3c(NC(=O)c4ccccc4)ncnc32)[C@H](OC(=O)c2ccccc2)[C@@H]1OC(=O)c1ccccc1.